The van der Waals surface area contributed by atoms with Gasteiger partial charge in [0.25, 0.3) is 0 Å². The zero-order chi connectivity index (χ0) is 23.6. The van der Waals surface area contributed by atoms with Crippen LogP contribution in [0, 0.1) is 13.8 Å². The van der Waals surface area contributed by atoms with E-state index >= 15 is 0 Å². The Bertz CT molecular complexity index is 1130. The smallest absolute Gasteiger partial charge is 0.240 e. The summed E-state index contributed by atoms with van der Waals surface area (Å²) >= 11 is 3.41. The van der Waals surface area contributed by atoms with Crippen molar-refractivity contribution in [2.45, 2.75) is 33.3 Å². The van der Waals surface area contributed by atoms with Crippen molar-refractivity contribution in [1.82, 2.24) is 5.43 Å². The number of hydrogen-bond acceptors (Lipinski definition) is 4. The van der Waals surface area contributed by atoms with E-state index in [1.807, 2.05) is 80.6 Å². The molecule has 33 heavy (non-hydrogen) atoms. The third-order valence-corrected chi connectivity index (χ3v) is 5.38. The number of halogens is 1. The zero-order valence-electron chi connectivity index (χ0n) is 18.6. The quantitative estimate of drug-likeness (QED) is 0.295. The molecule has 0 spiro atoms. The summed E-state index contributed by atoms with van der Waals surface area (Å²) in [4.78, 5) is 24.1. The van der Waals surface area contributed by atoms with E-state index in [0.717, 1.165) is 38.2 Å². The van der Waals surface area contributed by atoms with Crippen molar-refractivity contribution in [3.8, 4) is 5.75 Å². The zero-order valence-corrected chi connectivity index (χ0v) is 20.2. The topological polar surface area (TPSA) is 79.8 Å². The molecule has 0 aliphatic heterocycles. The number of carbonyl (C=O) groups excluding carboxylic acids is 2. The lowest BCUT2D eigenvalue weighted by atomic mass is 10.1. The molecule has 0 saturated carbocycles. The first-order chi connectivity index (χ1) is 15.9. The summed E-state index contributed by atoms with van der Waals surface area (Å²) in [7, 11) is 0. The molecular formula is C26H26BrN3O3. The number of benzene rings is 3. The molecule has 0 bridgehead atoms. The Labute approximate surface area is 202 Å². The van der Waals surface area contributed by atoms with Gasteiger partial charge in [0.1, 0.15) is 12.4 Å². The molecule has 2 N–H and O–H groups in total. The number of rotatable bonds is 9. The molecule has 0 aliphatic carbocycles. The molecule has 0 saturated heterocycles. The largest absolute Gasteiger partial charge is 0.489 e. The Morgan fingerprint density at radius 1 is 0.939 bits per heavy atom. The average molecular weight is 508 g/mol. The number of hydrogen-bond donors (Lipinski definition) is 2. The standard InChI is InChI=1S/C26H26BrN3O3/c1-18-3-4-19(2)24(15-18)29-25(31)13-14-26(32)30-28-16-20-7-11-23(12-8-20)33-17-21-5-9-22(27)10-6-21/h3-12,15-16H,13-14,17H2,1-2H3,(H,29,31)(H,30,32). The summed E-state index contributed by atoms with van der Waals surface area (Å²) in [6.45, 7) is 4.37. The molecule has 6 nitrogen and oxygen atoms in total. The number of amides is 2. The minimum Gasteiger partial charge on any atom is -0.489 e. The second-order valence-corrected chi connectivity index (χ2v) is 8.56. The lowest BCUT2D eigenvalue weighted by Gasteiger charge is -2.09. The fourth-order valence-corrected chi connectivity index (χ4v) is 3.21. The molecule has 2 amide bonds. The fraction of sp³-hybridized carbons (Fsp3) is 0.192. The van der Waals surface area contributed by atoms with Gasteiger partial charge < -0.3 is 10.1 Å². The van der Waals surface area contributed by atoms with Crippen LogP contribution in [0.3, 0.4) is 0 Å². The highest BCUT2D eigenvalue weighted by atomic mass is 79.9. The molecule has 0 unspecified atom stereocenters. The van der Waals surface area contributed by atoms with Crippen LogP contribution in [0.5, 0.6) is 5.75 Å². The van der Waals surface area contributed by atoms with Gasteiger partial charge in [-0.15, -0.1) is 0 Å². The van der Waals surface area contributed by atoms with Crippen molar-refractivity contribution < 1.29 is 14.3 Å². The van der Waals surface area contributed by atoms with Crippen molar-refractivity contribution in [2.24, 2.45) is 5.10 Å². The normalized spacial score (nSPS) is 10.8. The van der Waals surface area contributed by atoms with E-state index in [0.29, 0.717) is 6.61 Å². The second-order valence-electron chi connectivity index (χ2n) is 7.64. The number of carbonyl (C=O) groups is 2. The maximum Gasteiger partial charge on any atom is 0.240 e. The Hall–Kier alpha value is -3.45. The summed E-state index contributed by atoms with van der Waals surface area (Å²) in [5, 5.41) is 6.80. The third kappa shape index (κ3) is 8.20. The number of aryl methyl sites for hydroxylation is 2. The summed E-state index contributed by atoms with van der Waals surface area (Å²) in [5.41, 5.74) is 7.16. The van der Waals surface area contributed by atoms with Crippen LogP contribution >= 0.6 is 15.9 Å². The van der Waals surface area contributed by atoms with Gasteiger partial charge in [-0.05, 0) is 78.6 Å². The summed E-state index contributed by atoms with van der Waals surface area (Å²) in [5.74, 6) is 0.215. The Morgan fingerprint density at radius 2 is 1.64 bits per heavy atom. The number of nitrogens with one attached hydrogen (secondary N) is 2. The molecular weight excluding hydrogens is 482 g/mol. The van der Waals surface area contributed by atoms with E-state index in [4.69, 9.17) is 4.74 Å². The van der Waals surface area contributed by atoms with Gasteiger partial charge >= 0.3 is 0 Å². The molecule has 0 aliphatic rings. The van der Waals surface area contributed by atoms with Gasteiger partial charge in [0.15, 0.2) is 0 Å². The van der Waals surface area contributed by atoms with Gasteiger partial charge in [0.05, 0.1) is 6.21 Å². The van der Waals surface area contributed by atoms with E-state index in [1.165, 1.54) is 0 Å². The van der Waals surface area contributed by atoms with Crippen LogP contribution in [0.1, 0.15) is 35.1 Å². The van der Waals surface area contributed by atoms with Crippen LogP contribution in [0.4, 0.5) is 5.69 Å². The number of hydrazone groups is 1. The lowest BCUT2D eigenvalue weighted by molar-refractivity contribution is -0.124. The van der Waals surface area contributed by atoms with Crippen molar-refractivity contribution in [2.75, 3.05) is 5.32 Å². The molecule has 3 rings (SSSR count). The highest BCUT2D eigenvalue weighted by Gasteiger charge is 2.08. The van der Waals surface area contributed by atoms with Crippen LogP contribution in [0.2, 0.25) is 0 Å². The summed E-state index contributed by atoms with van der Waals surface area (Å²) in [6, 6.07) is 21.2. The van der Waals surface area contributed by atoms with Gasteiger partial charge in [-0.2, -0.15) is 5.10 Å². The van der Waals surface area contributed by atoms with Gasteiger partial charge in [0, 0.05) is 23.0 Å². The van der Waals surface area contributed by atoms with E-state index < -0.39 is 0 Å². The minimum absolute atomic E-state index is 0.0525. The molecule has 0 radical (unpaired) electrons. The third-order valence-electron chi connectivity index (χ3n) is 4.85. The van der Waals surface area contributed by atoms with Crippen molar-refractivity contribution >= 4 is 39.6 Å². The minimum atomic E-state index is -0.322. The Kier molecular flexibility index (Phi) is 8.78. The lowest BCUT2D eigenvalue weighted by Crippen LogP contribution is -2.20. The van der Waals surface area contributed by atoms with Crippen LogP contribution in [-0.4, -0.2) is 18.0 Å². The molecule has 3 aromatic rings. The Morgan fingerprint density at radius 3 is 2.36 bits per heavy atom. The first kappa shape index (κ1) is 24.2. The molecule has 0 atom stereocenters. The average Bonchev–Trinajstić information content (AvgIpc) is 2.80. The van der Waals surface area contributed by atoms with E-state index in [9.17, 15) is 9.59 Å². The number of anilines is 1. The predicted molar refractivity (Wildman–Crippen MR) is 134 cm³/mol. The van der Waals surface area contributed by atoms with Crippen LogP contribution in [0.15, 0.2) is 76.3 Å². The first-order valence-corrected chi connectivity index (χ1v) is 11.3. The monoisotopic (exact) mass is 507 g/mol. The second kappa shape index (κ2) is 12.0. The fourth-order valence-electron chi connectivity index (χ4n) is 2.94. The van der Waals surface area contributed by atoms with Gasteiger partial charge in [-0.1, -0.05) is 40.2 Å². The SMILES string of the molecule is Cc1ccc(C)c(NC(=O)CCC(=O)NN=Cc2ccc(OCc3ccc(Br)cc3)cc2)c1. The maximum absolute atomic E-state index is 12.1. The Balaban J connectivity index is 1.39. The summed E-state index contributed by atoms with van der Waals surface area (Å²) < 4.78 is 6.80. The highest BCUT2D eigenvalue weighted by molar-refractivity contribution is 9.10. The molecule has 0 fully saturated rings. The molecule has 170 valence electrons. The molecule has 3 aromatic carbocycles. The molecule has 0 heterocycles. The van der Waals surface area contributed by atoms with Crippen molar-refractivity contribution in [3.63, 3.8) is 0 Å². The van der Waals surface area contributed by atoms with Crippen LogP contribution in [-0.2, 0) is 16.2 Å². The molecule has 7 heteroatoms. The maximum atomic E-state index is 12.1. The van der Waals surface area contributed by atoms with Crippen LogP contribution in [0.25, 0.3) is 0 Å². The molecule has 0 aromatic heterocycles. The number of ether oxygens (including phenoxy) is 1. The van der Waals surface area contributed by atoms with Gasteiger partial charge in [0.2, 0.25) is 11.8 Å². The first-order valence-electron chi connectivity index (χ1n) is 10.6. The van der Waals surface area contributed by atoms with E-state index in [1.54, 1.807) is 6.21 Å². The summed E-state index contributed by atoms with van der Waals surface area (Å²) in [6.07, 6.45) is 1.68. The van der Waals surface area contributed by atoms with E-state index in [2.05, 4.69) is 31.8 Å². The predicted octanol–water partition coefficient (Wildman–Crippen LogP) is 5.51. The van der Waals surface area contributed by atoms with Crippen LogP contribution < -0.4 is 15.5 Å². The van der Waals surface area contributed by atoms with E-state index in [-0.39, 0.29) is 24.7 Å². The van der Waals surface area contributed by atoms with Crippen molar-refractivity contribution in [3.05, 3.63) is 93.5 Å². The van der Waals surface area contributed by atoms with Crippen molar-refractivity contribution in [1.29, 1.82) is 0 Å². The number of nitrogens with zero attached hydrogens (tertiary/aromatic N) is 1. The van der Waals surface area contributed by atoms with Gasteiger partial charge in [-0.25, -0.2) is 5.43 Å². The van der Waals surface area contributed by atoms with Gasteiger partial charge in [-0.3, -0.25) is 9.59 Å². The highest BCUT2D eigenvalue weighted by Crippen LogP contribution is 2.17.